The molecular formula is C9H19N3O2. The molecule has 0 aliphatic rings. The molecule has 0 aromatic carbocycles. The summed E-state index contributed by atoms with van der Waals surface area (Å²) in [5.41, 5.74) is 5.57. The normalized spacial score (nSPS) is 11.9. The molecule has 0 spiro atoms. The van der Waals surface area contributed by atoms with Gasteiger partial charge in [0.15, 0.2) is 0 Å². The van der Waals surface area contributed by atoms with Crippen molar-refractivity contribution in [3.63, 3.8) is 0 Å². The van der Waals surface area contributed by atoms with Gasteiger partial charge in [0.05, 0.1) is 6.04 Å². The summed E-state index contributed by atoms with van der Waals surface area (Å²) in [6, 6.07) is -0.433. The van der Waals surface area contributed by atoms with Crippen molar-refractivity contribution in [3.05, 3.63) is 0 Å². The Kier molecular flexibility index (Phi) is 6.74. The minimum absolute atomic E-state index is 0.0999. The van der Waals surface area contributed by atoms with Crippen LogP contribution in [0.1, 0.15) is 26.7 Å². The topological polar surface area (TPSA) is 84.2 Å². The summed E-state index contributed by atoms with van der Waals surface area (Å²) in [6.07, 6.45) is 1.58. The first-order valence-electron chi connectivity index (χ1n) is 4.85. The van der Waals surface area contributed by atoms with Crippen LogP contribution in [-0.4, -0.2) is 30.9 Å². The van der Waals surface area contributed by atoms with Crippen LogP contribution in [-0.2, 0) is 9.59 Å². The second-order valence-electron chi connectivity index (χ2n) is 3.17. The number of amides is 2. The van der Waals surface area contributed by atoms with Crippen molar-refractivity contribution < 1.29 is 9.59 Å². The van der Waals surface area contributed by atoms with Gasteiger partial charge in [0.25, 0.3) is 0 Å². The summed E-state index contributed by atoms with van der Waals surface area (Å²) in [5, 5.41) is 5.22. The maximum absolute atomic E-state index is 11.2. The Morgan fingerprint density at radius 3 is 2.36 bits per heavy atom. The number of carbonyl (C=O) groups excluding carboxylic acids is 2. The number of hydrogen-bond donors (Lipinski definition) is 3. The quantitative estimate of drug-likeness (QED) is 0.500. The standard InChI is InChI=1S/C9H19N3O2/c1-3-4-8(10)9(14)12-6-5-11-7(2)13/h8H,3-6,10H2,1-2H3,(H,11,13)(H,12,14)/t8-/m0/s1. The first-order valence-corrected chi connectivity index (χ1v) is 4.85. The minimum atomic E-state index is -0.433. The molecule has 82 valence electrons. The first-order chi connectivity index (χ1) is 6.57. The Morgan fingerprint density at radius 1 is 1.29 bits per heavy atom. The summed E-state index contributed by atoms with van der Waals surface area (Å²) in [6.45, 7) is 4.28. The largest absolute Gasteiger partial charge is 0.355 e. The van der Waals surface area contributed by atoms with Crippen molar-refractivity contribution in [1.82, 2.24) is 10.6 Å². The minimum Gasteiger partial charge on any atom is -0.355 e. The highest BCUT2D eigenvalue weighted by Crippen LogP contribution is 1.91. The molecule has 0 aliphatic heterocycles. The van der Waals surface area contributed by atoms with Gasteiger partial charge in [-0.2, -0.15) is 0 Å². The van der Waals surface area contributed by atoms with Gasteiger partial charge < -0.3 is 16.4 Å². The van der Waals surface area contributed by atoms with Crippen LogP contribution in [0, 0.1) is 0 Å². The van der Waals surface area contributed by atoms with Crippen LogP contribution >= 0.6 is 0 Å². The fourth-order valence-electron chi connectivity index (χ4n) is 0.997. The van der Waals surface area contributed by atoms with E-state index in [1.807, 2.05) is 6.92 Å². The summed E-state index contributed by atoms with van der Waals surface area (Å²) >= 11 is 0. The monoisotopic (exact) mass is 201 g/mol. The Morgan fingerprint density at radius 2 is 1.86 bits per heavy atom. The highest BCUT2D eigenvalue weighted by molar-refractivity contribution is 5.81. The molecule has 0 heterocycles. The molecule has 5 heteroatoms. The van der Waals surface area contributed by atoms with Gasteiger partial charge in [-0.15, -0.1) is 0 Å². The van der Waals surface area contributed by atoms with E-state index in [0.717, 1.165) is 6.42 Å². The number of nitrogens with two attached hydrogens (primary N) is 1. The molecule has 0 saturated carbocycles. The molecule has 14 heavy (non-hydrogen) atoms. The highest BCUT2D eigenvalue weighted by Gasteiger charge is 2.10. The zero-order chi connectivity index (χ0) is 11.0. The van der Waals surface area contributed by atoms with Gasteiger partial charge in [-0.1, -0.05) is 13.3 Å². The van der Waals surface area contributed by atoms with Gasteiger partial charge in [0.2, 0.25) is 11.8 Å². The number of hydrogen-bond acceptors (Lipinski definition) is 3. The van der Waals surface area contributed by atoms with Crippen LogP contribution in [0.4, 0.5) is 0 Å². The third-order valence-electron chi connectivity index (χ3n) is 1.73. The average molecular weight is 201 g/mol. The fourth-order valence-corrected chi connectivity index (χ4v) is 0.997. The molecule has 0 aromatic heterocycles. The SMILES string of the molecule is CCC[C@H](N)C(=O)NCCNC(C)=O. The lowest BCUT2D eigenvalue weighted by atomic mass is 10.2. The van der Waals surface area contributed by atoms with Crippen LogP contribution < -0.4 is 16.4 Å². The van der Waals surface area contributed by atoms with Gasteiger partial charge in [-0.25, -0.2) is 0 Å². The van der Waals surface area contributed by atoms with E-state index in [0.29, 0.717) is 19.5 Å². The Hall–Kier alpha value is -1.10. The third kappa shape index (κ3) is 6.42. The van der Waals surface area contributed by atoms with Gasteiger partial charge in [-0.05, 0) is 6.42 Å². The summed E-state index contributed by atoms with van der Waals surface area (Å²) < 4.78 is 0. The second kappa shape index (κ2) is 7.32. The molecule has 0 unspecified atom stereocenters. The lowest BCUT2D eigenvalue weighted by Gasteiger charge is -2.10. The van der Waals surface area contributed by atoms with Crippen LogP contribution in [0.25, 0.3) is 0 Å². The summed E-state index contributed by atoms with van der Waals surface area (Å²) in [5.74, 6) is -0.255. The first kappa shape index (κ1) is 12.9. The van der Waals surface area contributed by atoms with E-state index in [4.69, 9.17) is 5.73 Å². The van der Waals surface area contributed by atoms with Crippen molar-refractivity contribution in [2.24, 2.45) is 5.73 Å². The van der Waals surface area contributed by atoms with E-state index >= 15 is 0 Å². The zero-order valence-corrected chi connectivity index (χ0v) is 8.80. The van der Waals surface area contributed by atoms with E-state index in [-0.39, 0.29) is 11.8 Å². The molecule has 0 aliphatic carbocycles. The average Bonchev–Trinajstić information content (AvgIpc) is 2.12. The predicted octanol–water partition coefficient (Wildman–Crippen LogP) is -0.634. The molecule has 0 fully saturated rings. The zero-order valence-electron chi connectivity index (χ0n) is 8.80. The lowest BCUT2D eigenvalue weighted by Crippen LogP contribution is -2.43. The van der Waals surface area contributed by atoms with Crippen molar-refractivity contribution >= 4 is 11.8 Å². The van der Waals surface area contributed by atoms with E-state index < -0.39 is 6.04 Å². The maximum Gasteiger partial charge on any atom is 0.236 e. The van der Waals surface area contributed by atoms with E-state index in [1.165, 1.54) is 6.92 Å². The predicted molar refractivity (Wildman–Crippen MR) is 54.6 cm³/mol. The molecular weight excluding hydrogens is 182 g/mol. The molecule has 0 radical (unpaired) electrons. The Balaban J connectivity index is 3.48. The molecule has 1 atom stereocenters. The molecule has 4 N–H and O–H groups in total. The number of nitrogens with one attached hydrogen (secondary N) is 2. The molecule has 0 saturated heterocycles. The Bertz CT molecular complexity index is 194. The van der Waals surface area contributed by atoms with Gasteiger partial charge in [0, 0.05) is 20.0 Å². The van der Waals surface area contributed by atoms with Crippen LogP contribution in [0.2, 0.25) is 0 Å². The Labute approximate surface area is 84.4 Å². The van der Waals surface area contributed by atoms with Crippen molar-refractivity contribution in [2.45, 2.75) is 32.7 Å². The van der Waals surface area contributed by atoms with E-state index in [2.05, 4.69) is 10.6 Å². The molecule has 0 aromatic rings. The smallest absolute Gasteiger partial charge is 0.236 e. The van der Waals surface area contributed by atoms with Crippen molar-refractivity contribution in [3.8, 4) is 0 Å². The van der Waals surface area contributed by atoms with E-state index in [9.17, 15) is 9.59 Å². The van der Waals surface area contributed by atoms with Crippen molar-refractivity contribution in [1.29, 1.82) is 0 Å². The lowest BCUT2D eigenvalue weighted by molar-refractivity contribution is -0.123. The second-order valence-corrected chi connectivity index (χ2v) is 3.17. The van der Waals surface area contributed by atoms with Crippen LogP contribution in [0.15, 0.2) is 0 Å². The maximum atomic E-state index is 11.2. The molecule has 0 bridgehead atoms. The summed E-state index contributed by atoms with van der Waals surface area (Å²) in [7, 11) is 0. The molecule has 2 amide bonds. The van der Waals surface area contributed by atoms with Gasteiger partial charge in [-0.3, -0.25) is 9.59 Å². The summed E-state index contributed by atoms with van der Waals surface area (Å²) in [4.78, 5) is 21.7. The van der Waals surface area contributed by atoms with Gasteiger partial charge >= 0.3 is 0 Å². The number of rotatable bonds is 6. The molecule has 5 nitrogen and oxygen atoms in total. The number of carbonyl (C=O) groups is 2. The highest BCUT2D eigenvalue weighted by atomic mass is 16.2. The molecule has 0 rings (SSSR count). The van der Waals surface area contributed by atoms with Crippen LogP contribution in [0.3, 0.4) is 0 Å². The van der Waals surface area contributed by atoms with Gasteiger partial charge in [0.1, 0.15) is 0 Å². The third-order valence-corrected chi connectivity index (χ3v) is 1.73. The fraction of sp³-hybridized carbons (Fsp3) is 0.778. The van der Waals surface area contributed by atoms with E-state index in [1.54, 1.807) is 0 Å². The van der Waals surface area contributed by atoms with Crippen LogP contribution in [0.5, 0.6) is 0 Å². The van der Waals surface area contributed by atoms with Crippen molar-refractivity contribution in [2.75, 3.05) is 13.1 Å².